The molecule has 3 N–H and O–H groups in total. The zero-order valence-corrected chi connectivity index (χ0v) is 17.4. The van der Waals surface area contributed by atoms with E-state index in [1.54, 1.807) is 6.92 Å². The Hall–Kier alpha value is -2.10. The molecular formula is C20H23ClFN3O3S. The maximum atomic E-state index is 13.9. The lowest BCUT2D eigenvalue weighted by Gasteiger charge is -2.17. The zero-order chi connectivity index (χ0) is 20.1. The molecule has 2 aromatic carbocycles. The second-order valence-electron chi connectivity index (χ2n) is 6.61. The van der Waals surface area contributed by atoms with E-state index in [4.69, 9.17) is 0 Å². The summed E-state index contributed by atoms with van der Waals surface area (Å²) in [5.41, 5.74) is 0.788. The van der Waals surface area contributed by atoms with Gasteiger partial charge in [-0.3, -0.25) is 4.98 Å². The first-order valence-electron chi connectivity index (χ1n) is 8.86. The van der Waals surface area contributed by atoms with Crippen LogP contribution in [-0.4, -0.2) is 37.6 Å². The van der Waals surface area contributed by atoms with E-state index in [9.17, 15) is 17.9 Å². The Morgan fingerprint density at radius 1 is 1.10 bits per heavy atom. The van der Waals surface area contributed by atoms with Gasteiger partial charge in [0.1, 0.15) is 5.82 Å². The summed E-state index contributed by atoms with van der Waals surface area (Å²) in [4.78, 5) is 3.74. The Morgan fingerprint density at radius 2 is 1.83 bits per heavy atom. The van der Waals surface area contributed by atoms with Gasteiger partial charge >= 0.3 is 0 Å². The minimum atomic E-state index is -3.81. The van der Waals surface area contributed by atoms with Crippen molar-refractivity contribution in [1.82, 2.24) is 15.0 Å². The molecule has 0 saturated carbocycles. The van der Waals surface area contributed by atoms with Gasteiger partial charge in [-0.15, -0.1) is 12.4 Å². The van der Waals surface area contributed by atoms with Crippen molar-refractivity contribution in [2.24, 2.45) is 0 Å². The number of halogens is 2. The summed E-state index contributed by atoms with van der Waals surface area (Å²) in [5.74, 6) is -0.570. The number of hydrogen-bond donors (Lipinski definition) is 3. The third-order valence-corrected chi connectivity index (χ3v) is 5.91. The van der Waals surface area contributed by atoms with Gasteiger partial charge in [0.25, 0.3) is 0 Å². The predicted octanol–water partition coefficient (Wildman–Crippen LogP) is 2.79. The molecule has 1 heterocycles. The molecule has 0 spiro atoms. The van der Waals surface area contributed by atoms with Crippen LogP contribution in [0.15, 0.2) is 65.8 Å². The second-order valence-corrected chi connectivity index (χ2v) is 8.33. The molecular weight excluding hydrogens is 417 g/mol. The first kappa shape index (κ1) is 23.2. The quantitative estimate of drug-likeness (QED) is 0.502. The van der Waals surface area contributed by atoms with Gasteiger partial charge < -0.3 is 10.4 Å². The maximum absolute atomic E-state index is 13.9. The fraction of sp³-hybridized carbons (Fsp3) is 0.250. The number of aliphatic hydroxyl groups excluding tert-OH is 1. The molecule has 0 aliphatic heterocycles. The van der Waals surface area contributed by atoms with Crippen LogP contribution >= 0.6 is 12.4 Å². The van der Waals surface area contributed by atoms with Crippen LogP contribution in [0.2, 0.25) is 0 Å². The summed E-state index contributed by atoms with van der Waals surface area (Å²) in [5, 5.41) is 13.9. The Bertz CT molecular complexity index is 1050. The van der Waals surface area contributed by atoms with Crippen molar-refractivity contribution >= 4 is 33.2 Å². The molecule has 0 aliphatic rings. The van der Waals surface area contributed by atoms with Gasteiger partial charge in [-0.2, -0.15) is 0 Å². The standard InChI is InChI=1S/C20H22FN3O3S.ClH/c1-14(10-22-13-20(25)15-5-3-2-4-6-15)24-28(26,27)17-8-7-16-11-23-12-19(21)18(16)9-17;/h2-9,11-12,14,20,22,24-25H,10,13H2,1H3;1H/t14-,20?;/m1./s1. The van der Waals surface area contributed by atoms with E-state index in [0.29, 0.717) is 18.5 Å². The smallest absolute Gasteiger partial charge is 0.240 e. The van der Waals surface area contributed by atoms with Crippen molar-refractivity contribution in [2.75, 3.05) is 13.1 Å². The molecule has 0 bridgehead atoms. The van der Waals surface area contributed by atoms with E-state index in [-0.39, 0.29) is 22.7 Å². The average Bonchev–Trinajstić information content (AvgIpc) is 2.68. The first-order valence-corrected chi connectivity index (χ1v) is 10.3. The molecule has 2 atom stereocenters. The van der Waals surface area contributed by atoms with Crippen molar-refractivity contribution in [3.05, 3.63) is 72.3 Å². The number of aromatic nitrogens is 1. The van der Waals surface area contributed by atoms with E-state index < -0.39 is 28.0 Å². The Balaban J connectivity index is 0.00000300. The lowest BCUT2D eigenvalue weighted by molar-refractivity contribution is 0.174. The molecule has 6 nitrogen and oxygen atoms in total. The normalized spacial score (nSPS) is 13.6. The van der Waals surface area contributed by atoms with Gasteiger partial charge in [-0.05, 0) is 24.6 Å². The summed E-state index contributed by atoms with van der Waals surface area (Å²) < 4.78 is 41.6. The Labute approximate surface area is 175 Å². The van der Waals surface area contributed by atoms with Crippen LogP contribution in [0.25, 0.3) is 10.8 Å². The zero-order valence-electron chi connectivity index (χ0n) is 15.7. The summed E-state index contributed by atoms with van der Waals surface area (Å²) in [6.07, 6.45) is 1.85. The summed E-state index contributed by atoms with van der Waals surface area (Å²) in [6, 6.07) is 13.0. The Morgan fingerprint density at radius 3 is 2.55 bits per heavy atom. The van der Waals surface area contributed by atoms with E-state index in [0.717, 1.165) is 11.8 Å². The van der Waals surface area contributed by atoms with Crippen LogP contribution in [0.5, 0.6) is 0 Å². The number of pyridine rings is 1. The third kappa shape index (κ3) is 5.94. The highest BCUT2D eigenvalue weighted by Gasteiger charge is 2.18. The molecule has 156 valence electrons. The van der Waals surface area contributed by atoms with Gasteiger partial charge in [0.2, 0.25) is 10.0 Å². The van der Waals surface area contributed by atoms with Crippen molar-refractivity contribution in [3.8, 4) is 0 Å². The molecule has 1 unspecified atom stereocenters. The molecule has 0 amide bonds. The van der Waals surface area contributed by atoms with Gasteiger partial charge in [-0.1, -0.05) is 36.4 Å². The maximum Gasteiger partial charge on any atom is 0.240 e. The van der Waals surface area contributed by atoms with Crippen molar-refractivity contribution in [3.63, 3.8) is 0 Å². The monoisotopic (exact) mass is 439 g/mol. The van der Waals surface area contributed by atoms with Gasteiger partial charge in [0, 0.05) is 36.1 Å². The number of hydrogen-bond acceptors (Lipinski definition) is 5. The number of aliphatic hydroxyl groups is 1. The number of nitrogens with one attached hydrogen (secondary N) is 2. The molecule has 29 heavy (non-hydrogen) atoms. The molecule has 0 saturated heterocycles. The number of benzene rings is 2. The van der Waals surface area contributed by atoms with Crippen LogP contribution in [-0.2, 0) is 10.0 Å². The lowest BCUT2D eigenvalue weighted by atomic mass is 10.1. The molecule has 9 heteroatoms. The van der Waals surface area contributed by atoms with Crippen LogP contribution in [0.4, 0.5) is 4.39 Å². The highest BCUT2D eigenvalue weighted by molar-refractivity contribution is 7.89. The minimum Gasteiger partial charge on any atom is -0.387 e. The van der Waals surface area contributed by atoms with Gasteiger partial charge in [0.15, 0.2) is 0 Å². The van der Waals surface area contributed by atoms with E-state index >= 15 is 0 Å². The number of nitrogens with zero attached hydrogens (tertiary/aromatic N) is 1. The average molecular weight is 440 g/mol. The minimum absolute atomic E-state index is 0. The summed E-state index contributed by atoms with van der Waals surface area (Å²) in [7, 11) is -3.81. The van der Waals surface area contributed by atoms with Crippen molar-refractivity contribution in [2.45, 2.75) is 24.0 Å². The topological polar surface area (TPSA) is 91.3 Å². The number of fused-ring (bicyclic) bond motifs is 1. The van der Waals surface area contributed by atoms with Crippen LogP contribution in [0.1, 0.15) is 18.6 Å². The van der Waals surface area contributed by atoms with Crippen LogP contribution < -0.4 is 10.0 Å². The molecule has 0 radical (unpaired) electrons. The molecule has 3 aromatic rings. The largest absolute Gasteiger partial charge is 0.387 e. The van der Waals surface area contributed by atoms with E-state index in [1.807, 2.05) is 30.3 Å². The van der Waals surface area contributed by atoms with Gasteiger partial charge in [-0.25, -0.2) is 17.5 Å². The van der Waals surface area contributed by atoms with Crippen molar-refractivity contribution in [1.29, 1.82) is 0 Å². The summed E-state index contributed by atoms with van der Waals surface area (Å²) >= 11 is 0. The fourth-order valence-electron chi connectivity index (χ4n) is 2.88. The van der Waals surface area contributed by atoms with Crippen molar-refractivity contribution < 1.29 is 17.9 Å². The SMILES string of the molecule is C[C@H](CNCC(O)c1ccccc1)NS(=O)(=O)c1ccc2cncc(F)c2c1.Cl. The number of rotatable bonds is 8. The highest BCUT2D eigenvalue weighted by atomic mass is 35.5. The number of sulfonamides is 1. The fourth-order valence-corrected chi connectivity index (χ4v) is 4.15. The third-order valence-electron chi connectivity index (χ3n) is 4.32. The molecule has 3 rings (SSSR count). The lowest BCUT2D eigenvalue weighted by Crippen LogP contribution is -2.40. The second kappa shape index (κ2) is 10.1. The first-order chi connectivity index (χ1) is 13.4. The molecule has 1 aromatic heterocycles. The van der Waals surface area contributed by atoms with E-state index in [2.05, 4.69) is 15.0 Å². The highest BCUT2D eigenvalue weighted by Crippen LogP contribution is 2.21. The Kier molecular flexibility index (Phi) is 8.06. The molecule has 0 fully saturated rings. The van der Waals surface area contributed by atoms with Gasteiger partial charge in [0.05, 0.1) is 17.2 Å². The van der Waals surface area contributed by atoms with Crippen LogP contribution in [0.3, 0.4) is 0 Å². The van der Waals surface area contributed by atoms with Crippen LogP contribution in [0, 0.1) is 5.82 Å². The predicted molar refractivity (Wildman–Crippen MR) is 113 cm³/mol. The molecule has 0 aliphatic carbocycles. The summed E-state index contributed by atoms with van der Waals surface area (Å²) in [6.45, 7) is 2.34. The van der Waals surface area contributed by atoms with E-state index in [1.165, 1.54) is 24.4 Å².